The van der Waals surface area contributed by atoms with E-state index in [1.165, 1.54) is 38.5 Å². The molecule has 94 valence electrons. The van der Waals surface area contributed by atoms with E-state index in [-0.39, 0.29) is 0 Å². The lowest BCUT2D eigenvalue weighted by Gasteiger charge is -2.40. The fourth-order valence-corrected chi connectivity index (χ4v) is 4.16. The second-order valence-electron chi connectivity index (χ2n) is 7.39. The summed E-state index contributed by atoms with van der Waals surface area (Å²) in [5.41, 5.74) is 0.555. The highest BCUT2D eigenvalue weighted by molar-refractivity contribution is 4.89. The minimum Gasteiger partial charge on any atom is -0.311 e. The molecule has 2 aliphatic rings. The molecule has 0 radical (unpaired) electrons. The maximum atomic E-state index is 3.93. The lowest BCUT2D eigenvalue weighted by molar-refractivity contribution is 0.144. The predicted molar refractivity (Wildman–Crippen MR) is 70.5 cm³/mol. The summed E-state index contributed by atoms with van der Waals surface area (Å²) >= 11 is 0. The molecule has 2 fully saturated rings. The minimum atomic E-state index is 0.555. The van der Waals surface area contributed by atoms with Crippen LogP contribution in [0.3, 0.4) is 0 Å². The Morgan fingerprint density at radius 1 is 0.875 bits per heavy atom. The van der Waals surface area contributed by atoms with Gasteiger partial charge in [0.2, 0.25) is 0 Å². The maximum Gasteiger partial charge on any atom is 0.00772 e. The zero-order valence-electron chi connectivity index (χ0n) is 11.6. The Labute approximate surface area is 101 Å². The van der Waals surface area contributed by atoms with Crippen LogP contribution in [-0.2, 0) is 0 Å². The monoisotopic (exact) mass is 223 g/mol. The predicted octanol–water partition coefficient (Wildman–Crippen LogP) is 3.98. The van der Waals surface area contributed by atoms with E-state index in [0.29, 0.717) is 5.41 Å². The second-order valence-corrected chi connectivity index (χ2v) is 7.39. The molecular weight excluding hydrogens is 194 g/mol. The highest BCUT2D eigenvalue weighted by Crippen LogP contribution is 2.39. The van der Waals surface area contributed by atoms with Crippen LogP contribution in [0.15, 0.2) is 0 Å². The Kier molecular flexibility index (Phi) is 3.63. The second kappa shape index (κ2) is 4.68. The molecule has 0 aromatic heterocycles. The first-order chi connectivity index (χ1) is 7.44. The third kappa shape index (κ3) is 3.23. The number of hydrogen-bond acceptors (Lipinski definition) is 1. The number of hydrogen-bond donors (Lipinski definition) is 1. The van der Waals surface area contributed by atoms with E-state index in [4.69, 9.17) is 0 Å². The third-order valence-corrected chi connectivity index (χ3v) is 4.55. The molecule has 1 N–H and O–H groups in total. The summed E-state index contributed by atoms with van der Waals surface area (Å²) in [4.78, 5) is 0. The largest absolute Gasteiger partial charge is 0.311 e. The third-order valence-electron chi connectivity index (χ3n) is 4.55. The molecule has 0 aromatic rings. The van der Waals surface area contributed by atoms with Crippen LogP contribution in [0.25, 0.3) is 0 Å². The first-order valence-electron chi connectivity index (χ1n) is 7.21. The van der Waals surface area contributed by atoms with E-state index in [0.717, 1.165) is 23.9 Å². The number of nitrogens with one attached hydrogen (secondary N) is 1. The molecule has 2 aliphatic carbocycles. The van der Waals surface area contributed by atoms with Gasteiger partial charge in [0.15, 0.2) is 0 Å². The van der Waals surface area contributed by atoms with E-state index < -0.39 is 0 Å². The van der Waals surface area contributed by atoms with Crippen molar-refractivity contribution in [2.45, 2.75) is 78.3 Å². The summed E-state index contributed by atoms with van der Waals surface area (Å²) in [7, 11) is 0. The fraction of sp³-hybridized carbons (Fsp3) is 1.00. The van der Waals surface area contributed by atoms with Crippen LogP contribution in [0.1, 0.15) is 66.2 Å². The van der Waals surface area contributed by atoms with Gasteiger partial charge in [-0.15, -0.1) is 0 Å². The Bertz CT molecular complexity index is 234. The van der Waals surface area contributed by atoms with Crippen LogP contribution in [-0.4, -0.2) is 12.1 Å². The fourth-order valence-electron chi connectivity index (χ4n) is 4.16. The van der Waals surface area contributed by atoms with E-state index in [1.807, 2.05) is 0 Å². The summed E-state index contributed by atoms with van der Waals surface area (Å²) in [6.45, 7) is 9.70. The molecule has 2 saturated carbocycles. The van der Waals surface area contributed by atoms with Crippen molar-refractivity contribution >= 4 is 0 Å². The van der Waals surface area contributed by atoms with Crippen molar-refractivity contribution in [3.8, 4) is 0 Å². The van der Waals surface area contributed by atoms with Crippen molar-refractivity contribution in [1.29, 1.82) is 0 Å². The van der Waals surface area contributed by atoms with Gasteiger partial charge in [0.25, 0.3) is 0 Å². The van der Waals surface area contributed by atoms with Gasteiger partial charge in [-0.3, -0.25) is 0 Å². The van der Waals surface area contributed by atoms with Gasteiger partial charge >= 0.3 is 0 Å². The average Bonchev–Trinajstić information content (AvgIpc) is 2.46. The quantitative estimate of drug-likeness (QED) is 0.746. The molecule has 0 heterocycles. The van der Waals surface area contributed by atoms with Crippen LogP contribution in [0.4, 0.5) is 0 Å². The lowest BCUT2D eigenvalue weighted by Crippen LogP contribution is -2.44. The summed E-state index contributed by atoms with van der Waals surface area (Å²) in [6.07, 6.45) is 8.43. The van der Waals surface area contributed by atoms with Gasteiger partial charge in [-0.05, 0) is 55.8 Å². The van der Waals surface area contributed by atoms with Crippen molar-refractivity contribution in [2.24, 2.45) is 17.3 Å². The summed E-state index contributed by atoms with van der Waals surface area (Å²) in [6, 6.07) is 1.61. The molecule has 16 heavy (non-hydrogen) atoms. The van der Waals surface area contributed by atoms with Crippen molar-refractivity contribution in [1.82, 2.24) is 5.32 Å². The normalized spacial score (nSPS) is 43.5. The zero-order valence-corrected chi connectivity index (χ0v) is 11.6. The SMILES string of the molecule is CC1CCC(NC2CC(C)CC(C)(C)C2)C1. The Balaban J connectivity index is 1.85. The van der Waals surface area contributed by atoms with Crippen molar-refractivity contribution in [3.05, 3.63) is 0 Å². The molecule has 1 nitrogen and oxygen atoms in total. The van der Waals surface area contributed by atoms with Crippen LogP contribution in [0, 0.1) is 17.3 Å². The molecule has 0 saturated heterocycles. The van der Waals surface area contributed by atoms with Crippen LogP contribution in [0.2, 0.25) is 0 Å². The molecule has 4 atom stereocenters. The van der Waals surface area contributed by atoms with E-state index in [2.05, 4.69) is 33.0 Å². The van der Waals surface area contributed by atoms with E-state index in [9.17, 15) is 0 Å². The van der Waals surface area contributed by atoms with Gasteiger partial charge in [0, 0.05) is 12.1 Å². The summed E-state index contributed by atoms with van der Waals surface area (Å²) in [5, 5.41) is 3.93. The van der Waals surface area contributed by atoms with Crippen LogP contribution >= 0.6 is 0 Å². The van der Waals surface area contributed by atoms with E-state index in [1.54, 1.807) is 0 Å². The highest BCUT2D eigenvalue weighted by Gasteiger charge is 2.33. The smallest absolute Gasteiger partial charge is 0.00772 e. The zero-order chi connectivity index (χ0) is 11.8. The Morgan fingerprint density at radius 3 is 2.12 bits per heavy atom. The van der Waals surface area contributed by atoms with Gasteiger partial charge in [0.1, 0.15) is 0 Å². The Hall–Kier alpha value is -0.0400. The van der Waals surface area contributed by atoms with E-state index >= 15 is 0 Å². The highest BCUT2D eigenvalue weighted by atomic mass is 15.0. The minimum absolute atomic E-state index is 0.555. The van der Waals surface area contributed by atoms with Crippen LogP contribution < -0.4 is 5.32 Å². The first-order valence-corrected chi connectivity index (χ1v) is 7.21. The van der Waals surface area contributed by atoms with Gasteiger partial charge < -0.3 is 5.32 Å². The van der Waals surface area contributed by atoms with Crippen molar-refractivity contribution < 1.29 is 0 Å². The Morgan fingerprint density at radius 2 is 1.56 bits per heavy atom. The summed E-state index contributed by atoms with van der Waals surface area (Å²) in [5.74, 6) is 1.85. The van der Waals surface area contributed by atoms with Gasteiger partial charge in [-0.2, -0.15) is 0 Å². The molecule has 1 heteroatoms. The molecular formula is C15H29N. The lowest BCUT2D eigenvalue weighted by atomic mass is 9.70. The van der Waals surface area contributed by atoms with Gasteiger partial charge in [0.05, 0.1) is 0 Å². The van der Waals surface area contributed by atoms with Gasteiger partial charge in [-0.25, -0.2) is 0 Å². The molecule has 2 rings (SSSR count). The molecule has 0 spiro atoms. The molecule has 0 aliphatic heterocycles. The van der Waals surface area contributed by atoms with Crippen LogP contribution in [0.5, 0.6) is 0 Å². The average molecular weight is 223 g/mol. The molecule has 0 aromatic carbocycles. The molecule has 0 bridgehead atoms. The molecule has 0 amide bonds. The first kappa shape index (κ1) is 12.4. The molecule has 4 unspecified atom stereocenters. The standard InChI is InChI=1S/C15H29N/c1-11-5-6-13(7-11)16-14-8-12(2)9-15(3,4)10-14/h11-14,16H,5-10H2,1-4H3. The topological polar surface area (TPSA) is 12.0 Å². The maximum absolute atomic E-state index is 3.93. The summed E-state index contributed by atoms with van der Waals surface area (Å²) < 4.78 is 0. The van der Waals surface area contributed by atoms with Crippen molar-refractivity contribution in [3.63, 3.8) is 0 Å². The van der Waals surface area contributed by atoms with Crippen molar-refractivity contribution in [2.75, 3.05) is 0 Å². The number of rotatable bonds is 2. The van der Waals surface area contributed by atoms with Gasteiger partial charge in [-0.1, -0.05) is 27.7 Å².